The minimum absolute atomic E-state index is 0.0476. The van der Waals surface area contributed by atoms with Crippen LogP contribution in [0.2, 0.25) is 0 Å². The van der Waals surface area contributed by atoms with E-state index < -0.39 is 17.8 Å². The lowest BCUT2D eigenvalue weighted by atomic mass is 10.1. The highest BCUT2D eigenvalue weighted by Crippen LogP contribution is 2.20. The van der Waals surface area contributed by atoms with E-state index in [1.54, 1.807) is 25.1 Å². The molecule has 140 valence electrons. The minimum atomic E-state index is -0.508. The average molecular weight is 375 g/mol. The summed E-state index contributed by atoms with van der Waals surface area (Å²) in [6.45, 7) is 1.72. The van der Waals surface area contributed by atoms with Gasteiger partial charge in [0.15, 0.2) is 11.6 Å². The first kappa shape index (κ1) is 19.1. The molecular weight excluding hydrogens is 357 g/mol. The third-order valence-corrected chi connectivity index (χ3v) is 4.19. The van der Waals surface area contributed by atoms with Gasteiger partial charge in [0.25, 0.3) is 5.91 Å². The molecule has 3 aromatic rings. The van der Waals surface area contributed by atoms with Gasteiger partial charge in [-0.05, 0) is 36.8 Å². The average Bonchev–Trinajstić information content (AvgIpc) is 2.72. The summed E-state index contributed by atoms with van der Waals surface area (Å²) in [6, 6.07) is 20.0. The molecular formula is C22H18FN3O2. The minimum Gasteiger partial charge on any atom is -0.488 e. The summed E-state index contributed by atoms with van der Waals surface area (Å²) >= 11 is 0. The van der Waals surface area contributed by atoms with Gasteiger partial charge in [0.05, 0.1) is 17.3 Å². The van der Waals surface area contributed by atoms with Crippen LogP contribution < -0.4 is 10.1 Å². The van der Waals surface area contributed by atoms with Crippen molar-refractivity contribution in [3.63, 3.8) is 0 Å². The van der Waals surface area contributed by atoms with Crippen LogP contribution in [0.15, 0.2) is 66.7 Å². The fraction of sp³-hybridized carbons (Fsp3) is 0.136. The number of nitrogens with one attached hydrogen (secondary N) is 1. The van der Waals surface area contributed by atoms with Crippen LogP contribution in [0.1, 0.15) is 33.4 Å². The van der Waals surface area contributed by atoms with E-state index in [0.29, 0.717) is 11.3 Å². The molecule has 1 unspecified atom stereocenters. The molecule has 5 nitrogen and oxygen atoms in total. The monoisotopic (exact) mass is 375 g/mol. The van der Waals surface area contributed by atoms with E-state index in [0.717, 1.165) is 5.56 Å². The maximum absolute atomic E-state index is 13.8. The van der Waals surface area contributed by atoms with Gasteiger partial charge in [-0.15, -0.1) is 0 Å². The molecule has 0 radical (unpaired) electrons. The topological polar surface area (TPSA) is 75.0 Å². The van der Waals surface area contributed by atoms with Crippen LogP contribution in [0.4, 0.5) is 4.39 Å². The molecule has 0 aliphatic carbocycles. The zero-order valence-corrected chi connectivity index (χ0v) is 15.2. The first-order chi connectivity index (χ1) is 13.6. The molecule has 6 heteroatoms. The van der Waals surface area contributed by atoms with Crippen molar-refractivity contribution in [1.82, 2.24) is 10.3 Å². The van der Waals surface area contributed by atoms with E-state index in [1.807, 2.05) is 36.4 Å². The van der Waals surface area contributed by atoms with Gasteiger partial charge in [-0.2, -0.15) is 5.26 Å². The standard InChI is InChI=1S/C22H18FN3O2/c1-15-17(13-24)11-12-19(25-15)22(27)26-20(16-7-3-2-4-8-16)14-28-21-10-6-5-9-18(21)23/h2-12,20H,14H2,1H3,(H,26,27). The van der Waals surface area contributed by atoms with E-state index in [2.05, 4.69) is 10.3 Å². The lowest BCUT2D eigenvalue weighted by molar-refractivity contribution is 0.0915. The Kier molecular flexibility index (Phi) is 5.97. The summed E-state index contributed by atoms with van der Waals surface area (Å²) in [4.78, 5) is 16.9. The number of hydrogen-bond acceptors (Lipinski definition) is 4. The summed E-state index contributed by atoms with van der Waals surface area (Å²) in [6.07, 6.45) is 0. The van der Waals surface area contributed by atoms with E-state index in [9.17, 15) is 9.18 Å². The van der Waals surface area contributed by atoms with Gasteiger partial charge in [0, 0.05) is 0 Å². The maximum Gasteiger partial charge on any atom is 0.270 e. The molecule has 1 N–H and O–H groups in total. The zero-order valence-electron chi connectivity index (χ0n) is 15.2. The number of ether oxygens (including phenoxy) is 1. The van der Waals surface area contributed by atoms with Gasteiger partial charge in [0.2, 0.25) is 0 Å². The van der Waals surface area contributed by atoms with Gasteiger partial charge < -0.3 is 10.1 Å². The van der Waals surface area contributed by atoms with Gasteiger partial charge >= 0.3 is 0 Å². The lowest BCUT2D eigenvalue weighted by Gasteiger charge is -2.20. The second kappa shape index (κ2) is 8.78. The van der Waals surface area contributed by atoms with Crippen LogP contribution in [0.3, 0.4) is 0 Å². The van der Waals surface area contributed by atoms with Crippen LogP contribution in [0.5, 0.6) is 5.75 Å². The second-order valence-electron chi connectivity index (χ2n) is 6.12. The van der Waals surface area contributed by atoms with E-state index >= 15 is 0 Å². The number of aryl methyl sites for hydroxylation is 1. The molecule has 1 heterocycles. The Morgan fingerprint density at radius 2 is 1.86 bits per heavy atom. The van der Waals surface area contributed by atoms with Crippen LogP contribution in [0.25, 0.3) is 0 Å². The predicted molar refractivity (Wildman–Crippen MR) is 102 cm³/mol. The Morgan fingerprint density at radius 3 is 2.54 bits per heavy atom. The number of nitrogens with zero attached hydrogens (tertiary/aromatic N) is 2. The predicted octanol–water partition coefficient (Wildman–Crippen LogP) is 3.95. The molecule has 2 aromatic carbocycles. The number of para-hydroxylation sites is 1. The number of pyridine rings is 1. The quantitative estimate of drug-likeness (QED) is 0.708. The van der Waals surface area contributed by atoms with Crippen molar-refractivity contribution in [3.8, 4) is 11.8 Å². The molecule has 0 saturated carbocycles. The summed E-state index contributed by atoms with van der Waals surface area (Å²) in [5, 5.41) is 11.9. The van der Waals surface area contributed by atoms with Crippen molar-refractivity contribution in [1.29, 1.82) is 5.26 Å². The van der Waals surface area contributed by atoms with Crippen molar-refractivity contribution in [2.24, 2.45) is 0 Å². The third kappa shape index (κ3) is 4.51. The number of amides is 1. The summed E-state index contributed by atoms with van der Waals surface area (Å²) < 4.78 is 19.4. The van der Waals surface area contributed by atoms with E-state index in [1.165, 1.54) is 18.2 Å². The highest BCUT2D eigenvalue weighted by Gasteiger charge is 2.18. The van der Waals surface area contributed by atoms with Crippen molar-refractivity contribution < 1.29 is 13.9 Å². The highest BCUT2D eigenvalue weighted by molar-refractivity contribution is 5.92. The first-order valence-electron chi connectivity index (χ1n) is 8.69. The molecule has 0 spiro atoms. The van der Waals surface area contributed by atoms with Gasteiger partial charge in [-0.3, -0.25) is 4.79 Å². The summed E-state index contributed by atoms with van der Waals surface area (Å²) in [7, 11) is 0. The second-order valence-corrected chi connectivity index (χ2v) is 6.12. The third-order valence-electron chi connectivity index (χ3n) is 4.19. The molecule has 0 aliphatic heterocycles. The Bertz CT molecular complexity index is 1020. The van der Waals surface area contributed by atoms with Crippen LogP contribution >= 0.6 is 0 Å². The van der Waals surface area contributed by atoms with Crippen LogP contribution in [-0.2, 0) is 0 Å². The number of aromatic nitrogens is 1. The van der Waals surface area contributed by atoms with E-state index in [-0.39, 0.29) is 18.1 Å². The first-order valence-corrected chi connectivity index (χ1v) is 8.69. The van der Waals surface area contributed by atoms with Crippen molar-refractivity contribution in [3.05, 3.63) is 95.1 Å². The molecule has 28 heavy (non-hydrogen) atoms. The zero-order chi connectivity index (χ0) is 19.9. The number of carbonyl (C=O) groups is 1. The molecule has 0 fully saturated rings. The number of hydrogen-bond donors (Lipinski definition) is 1. The highest BCUT2D eigenvalue weighted by atomic mass is 19.1. The summed E-state index contributed by atoms with van der Waals surface area (Å²) in [5.74, 6) is -0.756. The molecule has 0 bridgehead atoms. The Labute approximate surface area is 162 Å². The van der Waals surface area contributed by atoms with Crippen molar-refractivity contribution in [2.45, 2.75) is 13.0 Å². The Balaban J connectivity index is 1.79. The normalized spacial score (nSPS) is 11.3. The fourth-order valence-electron chi connectivity index (χ4n) is 2.68. The number of carbonyl (C=O) groups excluding carboxylic acids is 1. The number of nitriles is 1. The molecule has 0 aliphatic rings. The molecule has 0 saturated heterocycles. The largest absolute Gasteiger partial charge is 0.488 e. The van der Waals surface area contributed by atoms with Gasteiger partial charge in [-0.1, -0.05) is 42.5 Å². The molecule has 1 atom stereocenters. The lowest BCUT2D eigenvalue weighted by Crippen LogP contribution is -2.33. The van der Waals surface area contributed by atoms with Gasteiger partial charge in [0.1, 0.15) is 18.4 Å². The number of halogens is 1. The fourth-order valence-corrected chi connectivity index (χ4v) is 2.68. The molecule has 1 aromatic heterocycles. The van der Waals surface area contributed by atoms with Crippen LogP contribution in [0, 0.1) is 24.1 Å². The Morgan fingerprint density at radius 1 is 1.14 bits per heavy atom. The molecule has 3 rings (SSSR count). The maximum atomic E-state index is 13.8. The number of benzene rings is 2. The van der Waals surface area contributed by atoms with Gasteiger partial charge in [-0.25, -0.2) is 9.37 Å². The van der Waals surface area contributed by atoms with Crippen molar-refractivity contribution >= 4 is 5.91 Å². The Hall–Kier alpha value is -3.72. The summed E-state index contributed by atoms with van der Waals surface area (Å²) in [5.41, 5.74) is 1.91. The van der Waals surface area contributed by atoms with E-state index in [4.69, 9.17) is 10.00 Å². The van der Waals surface area contributed by atoms with Crippen molar-refractivity contribution in [2.75, 3.05) is 6.61 Å². The van der Waals surface area contributed by atoms with Crippen LogP contribution in [-0.4, -0.2) is 17.5 Å². The number of rotatable bonds is 6. The smallest absolute Gasteiger partial charge is 0.270 e. The SMILES string of the molecule is Cc1nc(C(=O)NC(COc2ccccc2F)c2ccccc2)ccc1C#N. The molecule has 1 amide bonds.